The summed E-state index contributed by atoms with van der Waals surface area (Å²) in [5, 5.41) is 20.5. The zero-order chi connectivity index (χ0) is 30.9. The molecule has 0 aliphatic carbocycles. The van der Waals surface area contributed by atoms with E-state index in [9.17, 15) is 18.4 Å². The fourth-order valence-corrected chi connectivity index (χ4v) is 4.61. The first kappa shape index (κ1) is 31.0. The third kappa shape index (κ3) is 7.27. The second-order valence-corrected chi connectivity index (χ2v) is 9.56. The number of carboxylic acid groups (broad SMARTS) is 1. The summed E-state index contributed by atoms with van der Waals surface area (Å²) in [6.45, 7) is 3.07. The molecule has 2 heterocycles. The summed E-state index contributed by atoms with van der Waals surface area (Å²) >= 11 is 0. The number of hydrogen-bond donors (Lipinski definition) is 6. The lowest BCUT2D eigenvalue weighted by atomic mass is 10.1. The van der Waals surface area contributed by atoms with Crippen molar-refractivity contribution in [2.75, 3.05) is 37.4 Å². The van der Waals surface area contributed by atoms with Crippen molar-refractivity contribution in [3.8, 4) is 17.0 Å². The Morgan fingerprint density at radius 3 is 2.67 bits per heavy atom. The average molecular weight is 597 g/mol. The first-order valence-corrected chi connectivity index (χ1v) is 13.7. The molecule has 0 fully saturated rings. The van der Waals surface area contributed by atoms with Crippen LogP contribution < -0.4 is 31.7 Å². The minimum absolute atomic E-state index is 0.0343. The van der Waals surface area contributed by atoms with Crippen LogP contribution in [0.15, 0.2) is 48.9 Å². The van der Waals surface area contributed by atoms with Gasteiger partial charge in [-0.05, 0) is 61.7 Å². The lowest BCUT2D eigenvalue weighted by Gasteiger charge is -2.17. The van der Waals surface area contributed by atoms with Crippen LogP contribution in [0.4, 0.5) is 30.8 Å². The van der Waals surface area contributed by atoms with E-state index in [0.29, 0.717) is 49.5 Å². The summed E-state index contributed by atoms with van der Waals surface area (Å²) in [4.78, 5) is 32.2. The number of benzene rings is 2. The number of nitrogens with zero attached hydrogens (tertiary/aromatic N) is 3. The van der Waals surface area contributed by atoms with E-state index in [1.54, 1.807) is 10.6 Å². The molecule has 0 saturated carbocycles. The van der Waals surface area contributed by atoms with Gasteiger partial charge in [0.25, 0.3) is 0 Å². The van der Waals surface area contributed by atoms with E-state index in [0.717, 1.165) is 16.9 Å². The quantitative estimate of drug-likeness (QED) is 0.118. The van der Waals surface area contributed by atoms with Crippen molar-refractivity contribution in [1.29, 1.82) is 0 Å². The van der Waals surface area contributed by atoms with Crippen molar-refractivity contribution in [2.24, 2.45) is 5.73 Å². The molecule has 2 amide bonds. The van der Waals surface area contributed by atoms with E-state index in [-0.39, 0.29) is 17.9 Å². The number of rotatable bonds is 14. The Balaban J connectivity index is 1.43. The van der Waals surface area contributed by atoms with Gasteiger partial charge in [-0.1, -0.05) is 6.92 Å². The number of aryl methyl sites for hydroxylation is 1. The van der Waals surface area contributed by atoms with Crippen molar-refractivity contribution < 1.29 is 28.2 Å². The number of anilines is 3. The maximum atomic E-state index is 14.8. The van der Waals surface area contributed by atoms with Crippen molar-refractivity contribution in [3.63, 3.8) is 0 Å². The van der Waals surface area contributed by atoms with E-state index < -0.39 is 29.7 Å². The topological polar surface area (TPSA) is 168 Å². The zero-order valence-electron chi connectivity index (χ0n) is 23.8. The molecule has 0 bridgehead atoms. The van der Waals surface area contributed by atoms with Gasteiger partial charge >= 0.3 is 6.09 Å². The van der Waals surface area contributed by atoms with Gasteiger partial charge in [0.2, 0.25) is 11.7 Å². The predicted octanol–water partition coefficient (Wildman–Crippen LogP) is 3.89. The number of carbonyl (C=O) groups excluding carboxylic acids is 1. The van der Waals surface area contributed by atoms with E-state index in [4.69, 9.17) is 15.6 Å². The molecule has 43 heavy (non-hydrogen) atoms. The van der Waals surface area contributed by atoms with Crippen LogP contribution in [0.25, 0.3) is 16.9 Å². The minimum atomic E-state index is -1.27. The predicted molar refractivity (Wildman–Crippen MR) is 159 cm³/mol. The van der Waals surface area contributed by atoms with Gasteiger partial charge in [0, 0.05) is 42.4 Å². The standard InChI is InChI=1S/C29H34F2N8O4/c1-3-17-15-18(6-8-20(17)33-11-12-35-28(40)21(5-4-10-32)38-29(41)42)37-26-27-36-16-22(39(27)14-13-34-26)19-7-9-23(43-2)25(31)24(19)30/h6-9,13-16,21,33,38H,3-5,10-12,32H2,1-2H3,(H,34,37)(H,35,40)(H,41,42)/t21-/m0/s1. The number of imidazole rings is 1. The van der Waals surface area contributed by atoms with E-state index in [2.05, 4.69) is 31.2 Å². The summed E-state index contributed by atoms with van der Waals surface area (Å²) in [6.07, 6.45) is 4.88. The van der Waals surface area contributed by atoms with Crippen LogP contribution >= 0.6 is 0 Å². The van der Waals surface area contributed by atoms with Crippen LogP contribution in [-0.4, -0.2) is 64.3 Å². The van der Waals surface area contributed by atoms with Gasteiger partial charge in [-0.2, -0.15) is 4.39 Å². The van der Waals surface area contributed by atoms with Crippen LogP contribution in [0.3, 0.4) is 0 Å². The van der Waals surface area contributed by atoms with E-state index >= 15 is 0 Å². The van der Waals surface area contributed by atoms with Crippen LogP contribution in [0.2, 0.25) is 0 Å². The average Bonchev–Trinajstić information content (AvgIpc) is 3.44. The van der Waals surface area contributed by atoms with Crippen molar-refractivity contribution in [2.45, 2.75) is 32.2 Å². The molecule has 0 spiro atoms. The number of nitrogens with one attached hydrogen (secondary N) is 4. The van der Waals surface area contributed by atoms with Crippen LogP contribution in [0.5, 0.6) is 5.75 Å². The molecule has 0 unspecified atom stereocenters. The normalized spacial score (nSPS) is 11.7. The molecular formula is C29H34F2N8O4. The van der Waals surface area contributed by atoms with Crippen LogP contribution in [0, 0.1) is 11.6 Å². The van der Waals surface area contributed by atoms with Gasteiger partial charge < -0.3 is 36.8 Å². The summed E-state index contributed by atoms with van der Waals surface area (Å²) in [5.74, 6) is -2.28. The summed E-state index contributed by atoms with van der Waals surface area (Å²) < 4.78 is 35.7. The Labute approximate surface area is 246 Å². The van der Waals surface area contributed by atoms with E-state index in [1.807, 2.05) is 25.1 Å². The maximum Gasteiger partial charge on any atom is 0.405 e. The highest BCUT2D eigenvalue weighted by molar-refractivity contribution is 5.85. The molecule has 0 aliphatic heterocycles. The third-order valence-electron chi connectivity index (χ3n) is 6.77. The SMILES string of the molecule is CCc1cc(Nc2nccn3c(-c4ccc(OC)c(F)c4F)cnc23)ccc1NCCNC(=O)[C@H](CCCN)NC(=O)O. The zero-order valence-corrected chi connectivity index (χ0v) is 23.8. The number of ether oxygens (including phenoxy) is 1. The fourth-order valence-electron chi connectivity index (χ4n) is 4.61. The highest BCUT2D eigenvalue weighted by atomic mass is 19.2. The Bertz CT molecular complexity index is 1600. The summed E-state index contributed by atoms with van der Waals surface area (Å²) in [6, 6.07) is 7.64. The maximum absolute atomic E-state index is 14.8. The highest BCUT2D eigenvalue weighted by Crippen LogP contribution is 2.32. The number of hydrogen-bond acceptors (Lipinski definition) is 8. The van der Waals surface area contributed by atoms with E-state index in [1.165, 1.54) is 31.6 Å². The highest BCUT2D eigenvalue weighted by Gasteiger charge is 2.20. The van der Waals surface area contributed by atoms with Gasteiger partial charge in [-0.15, -0.1) is 0 Å². The Morgan fingerprint density at radius 1 is 1.14 bits per heavy atom. The Kier molecular flexibility index (Phi) is 10.3. The number of amides is 2. The lowest BCUT2D eigenvalue weighted by Crippen LogP contribution is -2.47. The number of carbonyl (C=O) groups is 2. The number of aromatic nitrogens is 3. The molecule has 4 rings (SSSR count). The molecule has 0 saturated heterocycles. The number of nitrogens with two attached hydrogens (primary N) is 1. The van der Waals surface area contributed by atoms with Gasteiger partial charge in [-0.3, -0.25) is 9.20 Å². The molecule has 0 aliphatic rings. The molecule has 12 nitrogen and oxygen atoms in total. The van der Waals surface area contributed by atoms with Crippen molar-refractivity contribution >= 4 is 34.8 Å². The largest absolute Gasteiger partial charge is 0.494 e. The Morgan fingerprint density at radius 2 is 1.95 bits per heavy atom. The minimum Gasteiger partial charge on any atom is -0.494 e. The van der Waals surface area contributed by atoms with Crippen LogP contribution in [-0.2, 0) is 11.2 Å². The fraction of sp³-hybridized carbons (Fsp3) is 0.310. The summed E-state index contributed by atoms with van der Waals surface area (Å²) in [7, 11) is 1.27. The van der Waals surface area contributed by atoms with Crippen LogP contribution in [0.1, 0.15) is 25.3 Å². The van der Waals surface area contributed by atoms with Crippen molar-refractivity contribution in [1.82, 2.24) is 25.0 Å². The molecule has 2 aromatic carbocycles. The summed E-state index contributed by atoms with van der Waals surface area (Å²) in [5.41, 5.74) is 8.90. The number of halogens is 2. The lowest BCUT2D eigenvalue weighted by molar-refractivity contribution is -0.123. The molecule has 0 radical (unpaired) electrons. The monoisotopic (exact) mass is 596 g/mol. The van der Waals surface area contributed by atoms with Gasteiger partial charge in [0.15, 0.2) is 23.0 Å². The first-order valence-electron chi connectivity index (χ1n) is 13.7. The van der Waals surface area contributed by atoms with Gasteiger partial charge in [-0.25, -0.2) is 19.2 Å². The Hall–Kier alpha value is -4.98. The molecule has 2 aromatic heterocycles. The van der Waals surface area contributed by atoms with Gasteiger partial charge in [0.1, 0.15) is 6.04 Å². The van der Waals surface area contributed by atoms with Crippen molar-refractivity contribution in [3.05, 3.63) is 66.1 Å². The molecule has 7 N–H and O–H groups in total. The second-order valence-electron chi connectivity index (χ2n) is 9.56. The second kappa shape index (κ2) is 14.3. The number of methoxy groups -OCH3 is 1. The number of fused-ring (bicyclic) bond motifs is 1. The molecule has 1 atom stereocenters. The smallest absolute Gasteiger partial charge is 0.405 e. The first-order chi connectivity index (χ1) is 20.8. The molecule has 228 valence electrons. The molecule has 14 heteroatoms. The van der Waals surface area contributed by atoms with Gasteiger partial charge in [0.05, 0.1) is 19.0 Å². The third-order valence-corrected chi connectivity index (χ3v) is 6.77. The molecular weight excluding hydrogens is 562 g/mol. The molecule has 4 aromatic rings.